The first kappa shape index (κ1) is 13.2. The molecule has 2 aromatic rings. The molecule has 0 atom stereocenters. The first-order valence-corrected chi connectivity index (χ1v) is 8.30. The van der Waals surface area contributed by atoms with E-state index in [1.54, 1.807) is 0 Å². The van der Waals surface area contributed by atoms with E-state index in [9.17, 15) is 4.79 Å². The Morgan fingerprint density at radius 2 is 2.05 bits per heavy atom. The summed E-state index contributed by atoms with van der Waals surface area (Å²) in [5.41, 5.74) is 0.768. The number of piperidine rings is 1. The summed E-state index contributed by atoms with van der Waals surface area (Å²) < 4.78 is 11.5. The summed E-state index contributed by atoms with van der Waals surface area (Å²) >= 11 is 1.90. The number of carbonyl (C=O) groups is 1. The third-order valence-electron chi connectivity index (χ3n) is 4.26. The molecule has 0 bridgehead atoms. The van der Waals surface area contributed by atoms with Crippen LogP contribution in [0.25, 0.3) is 11.0 Å². The number of furan rings is 1. The van der Waals surface area contributed by atoms with Gasteiger partial charge in [-0.1, -0.05) is 18.2 Å². The standard InChI is InChI=1S/C16H17NO3S/c18-15(14-11-12-3-1-2-4-13(12)20-14)17-7-5-16(6-8-17)19-9-10-21-16/h1-4,11H,5-10H2. The molecule has 0 radical (unpaired) electrons. The van der Waals surface area contributed by atoms with Crippen LogP contribution in [0.15, 0.2) is 34.7 Å². The van der Waals surface area contributed by atoms with Crippen molar-refractivity contribution in [1.82, 2.24) is 4.90 Å². The quantitative estimate of drug-likeness (QED) is 0.812. The number of fused-ring (bicyclic) bond motifs is 1. The van der Waals surface area contributed by atoms with Crippen LogP contribution in [0.5, 0.6) is 0 Å². The third-order valence-corrected chi connectivity index (χ3v) is 5.69. The fraction of sp³-hybridized carbons (Fsp3) is 0.438. The molecule has 4 nitrogen and oxygen atoms in total. The molecule has 5 heteroatoms. The molecule has 0 N–H and O–H groups in total. The normalized spacial score (nSPS) is 21.2. The van der Waals surface area contributed by atoms with Gasteiger partial charge in [-0.15, -0.1) is 11.8 Å². The lowest BCUT2D eigenvalue weighted by atomic mass is 10.1. The lowest BCUT2D eigenvalue weighted by Gasteiger charge is -2.37. The molecule has 3 heterocycles. The van der Waals surface area contributed by atoms with Gasteiger partial charge in [0, 0.05) is 37.1 Å². The Balaban J connectivity index is 1.50. The smallest absolute Gasteiger partial charge is 0.289 e. The maximum atomic E-state index is 12.6. The minimum absolute atomic E-state index is 0.0101. The van der Waals surface area contributed by atoms with Crippen molar-refractivity contribution in [1.29, 1.82) is 0 Å². The SMILES string of the molecule is O=C(c1cc2ccccc2o1)N1CCC2(CC1)OCCS2. The van der Waals surface area contributed by atoms with Gasteiger partial charge < -0.3 is 14.1 Å². The molecular weight excluding hydrogens is 286 g/mol. The Morgan fingerprint density at radius 3 is 2.76 bits per heavy atom. The molecule has 1 spiro atoms. The zero-order valence-corrected chi connectivity index (χ0v) is 12.5. The van der Waals surface area contributed by atoms with Crippen molar-refractivity contribution in [3.63, 3.8) is 0 Å². The van der Waals surface area contributed by atoms with Crippen molar-refractivity contribution < 1.29 is 13.9 Å². The second kappa shape index (κ2) is 5.07. The highest BCUT2D eigenvalue weighted by atomic mass is 32.2. The van der Waals surface area contributed by atoms with Crippen LogP contribution in [-0.2, 0) is 4.74 Å². The molecule has 110 valence electrons. The number of ether oxygens (including phenoxy) is 1. The molecular formula is C16H17NO3S. The largest absolute Gasteiger partial charge is 0.451 e. The summed E-state index contributed by atoms with van der Waals surface area (Å²) in [6, 6.07) is 9.55. The van der Waals surface area contributed by atoms with Crippen molar-refractivity contribution in [2.45, 2.75) is 17.8 Å². The summed E-state index contributed by atoms with van der Waals surface area (Å²) in [7, 11) is 0. The van der Waals surface area contributed by atoms with Crippen LogP contribution in [0, 0.1) is 0 Å². The Bertz CT molecular complexity index is 632. The van der Waals surface area contributed by atoms with Crippen molar-refractivity contribution in [2.75, 3.05) is 25.4 Å². The van der Waals surface area contributed by atoms with E-state index in [-0.39, 0.29) is 10.8 Å². The molecule has 0 aliphatic carbocycles. The first-order valence-electron chi connectivity index (χ1n) is 7.32. The average Bonchev–Trinajstić information content (AvgIpc) is 3.14. The van der Waals surface area contributed by atoms with E-state index < -0.39 is 0 Å². The predicted octanol–water partition coefficient (Wildman–Crippen LogP) is 3.13. The van der Waals surface area contributed by atoms with Gasteiger partial charge >= 0.3 is 0 Å². The molecule has 1 amide bonds. The minimum Gasteiger partial charge on any atom is -0.451 e. The number of hydrogen-bond donors (Lipinski definition) is 0. The lowest BCUT2D eigenvalue weighted by Crippen LogP contribution is -2.45. The number of thioether (sulfide) groups is 1. The van der Waals surface area contributed by atoms with Gasteiger partial charge in [0.05, 0.1) is 6.61 Å². The topological polar surface area (TPSA) is 42.7 Å². The molecule has 21 heavy (non-hydrogen) atoms. The fourth-order valence-corrected chi connectivity index (χ4v) is 4.26. The van der Waals surface area contributed by atoms with Gasteiger partial charge in [-0.3, -0.25) is 4.79 Å². The predicted molar refractivity (Wildman–Crippen MR) is 82.5 cm³/mol. The number of benzene rings is 1. The number of nitrogens with zero attached hydrogens (tertiary/aromatic N) is 1. The summed E-state index contributed by atoms with van der Waals surface area (Å²) in [4.78, 5) is 14.4. The van der Waals surface area contributed by atoms with Crippen LogP contribution in [-0.4, -0.2) is 41.2 Å². The molecule has 0 saturated carbocycles. The average molecular weight is 303 g/mol. The number of rotatable bonds is 1. The van der Waals surface area contributed by atoms with E-state index in [0.717, 1.165) is 49.3 Å². The van der Waals surface area contributed by atoms with Crippen LogP contribution < -0.4 is 0 Å². The van der Waals surface area contributed by atoms with E-state index in [1.807, 2.05) is 47.0 Å². The highest BCUT2D eigenvalue weighted by Crippen LogP contribution is 2.41. The molecule has 2 fully saturated rings. The van der Waals surface area contributed by atoms with Crippen molar-refractivity contribution in [2.24, 2.45) is 0 Å². The fourth-order valence-electron chi connectivity index (χ4n) is 3.08. The lowest BCUT2D eigenvalue weighted by molar-refractivity contribution is 0.00279. The molecule has 4 rings (SSSR count). The van der Waals surface area contributed by atoms with Gasteiger partial charge in [0.25, 0.3) is 5.91 Å². The maximum absolute atomic E-state index is 12.6. The van der Waals surface area contributed by atoms with E-state index in [0.29, 0.717) is 5.76 Å². The maximum Gasteiger partial charge on any atom is 0.289 e. The number of amides is 1. The number of hydrogen-bond acceptors (Lipinski definition) is 4. The van der Waals surface area contributed by atoms with E-state index >= 15 is 0 Å². The molecule has 1 aromatic heterocycles. The zero-order chi connectivity index (χ0) is 14.3. The van der Waals surface area contributed by atoms with E-state index in [4.69, 9.17) is 9.15 Å². The Hall–Kier alpha value is -1.46. The van der Waals surface area contributed by atoms with E-state index in [1.165, 1.54) is 0 Å². The van der Waals surface area contributed by atoms with Crippen molar-refractivity contribution in [3.8, 4) is 0 Å². The number of carbonyl (C=O) groups excluding carboxylic acids is 1. The van der Waals surface area contributed by atoms with Gasteiger partial charge in [-0.05, 0) is 12.1 Å². The second-order valence-corrected chi connectivity index (χ2v) is 6.99. The van der Waals surface area contributed by atoms with Crippen molar-refractivity contribution >= 4 is 28.6 Å². The Kier molecular flexibility index (Phi) is 3.19. The number of likely N-dealkylation sites (tertiary alicyclic amines) is 1. The van der Waals surface area contributed by atoms with Gasteiger partial charge in [-0.2, -0.15) is 0 Å². The van der Waals surface area contributed by atoms with Crippen LogP contribution >= 0.6 is 11.8 Å². The third kappa shape index (κ3) is 2.34. The summed E-state index contributed by atoms with van der Waals surface area (Å²) in [6.45, 7) is 2.31. The van der Waals surface area contributed by atoms with Crippen LogP contribution in [0.3, 0.4) is 0 Å². The van der Waals surface area contributed by atoms with Crippen molar-refractivity contribution in [3.05, 3.63) is 36.1 Å². The summed E-state index contributed by atoms with van der Waals surface area (Å²) in [6.07, 6.45) is 1.81. The highest BCUT2D eigenvalue weighted by molar-refractivity contribution is 8.00. The minimum atomic E-state index is -0.0370. The van der Waals surface area contributed by atoms with Crippen LogP contribution in [0.1, 0.15) is 23.4 Å². The Morgan fingerprint density at radius 1 is 1.24 bits per heavy atom. The molecule has 1 aromatic carbocycles. The second-order valence-electron chi connectivity index (χ2n) is 5.55. The highest BCUT2D eigenvalue weighted by Gasteiger charge is 2.40. The van der Waals surface area contributed by atoms with Gasteiger partial charge in [0.2, 0.25) is 0 Å². The monoisotopic (exact) mass is 303 g/mol. The Labute approximate surface area is 127 Å². The van der Waals surface area contributed by atoms with Crippen LogP contribution in [0.2, 0.25) is 0 Å². The molecule has 0 unspecified atom stereocenters. The molecule has 2 aliphatic heterocycles. The summed E-state index contributed by atoms with van der Waals surface area (Å²) in [5.74, 6) is 1.49. The van der Waals surface area contributed by atoms with E-state index in [2.05, 4.69) is 0 Å². The van der Waals surface area contributed by atoms with Gasteiger partial charge in [0.15, 0.2) is 5.76 Å². The molecule has 2 saturated heterocycles. The van der Waals surface area contributed by atoms with Gasteiger partial charge in [0.1, 0.15) is 10.5 Å². The first-order chi connectivity index (χ1) is 10.3. The zero-order valence-electron chi connectivity index (χ0n) is 11.7. The van der Waals surface area contributed by atoms with Crippen LogP contribution in [0.4, 0.5) is 0 Å². The molecule has 2 aliphatic rings. The summed E-state index contributed by atoms with van der Waals surface area (Å²) in [5, 5.41) is 0.976. The number of para-hydroxylation sites is 1. The van der Waals surface area contributed by atoms with Gasteiger partial charge in [-0.25, -0.2) is 0 Å².